The topological polar surface area (TPSA) is 39.9 Å². The molecule has 4 nitrogen and oxygen atoms in total. The van der Waals surface area contributed by atoms with E-state index in [0.29, 0.717) is 6.61 Å². The summed E-state index contributed by atoms with van der Waals surface area (Å²) >= 11 is 0. The molecule has 96 valence electrons. The van der Waals surface area contributed by atoms with Gasteiger partial charge in [0, 0.05) is 6.61 Å². The van der Waals surface area contributed by atoms with Crippen LogP contribution in [0.1, 0.15) is 26.7 Å². The Labute approximate surface area is 126 Å². The molecule has 0 aliphatic carbocycles. The van der Waals surface area contributed by atoms with Crippen molar-refractivity contribution in [3.05, 3.63) is 42.6 Å². The van der Waals surface area contributed by atoms with E-state index in [1.54, 1.807) is 4.68 Å². The van der Waals surface area contributed by atoms with Crippen molar-refractivity contribution in [3.63, 3.8) is 0 Å². The van der Waals surface area contributed by atoms with Crippen LogP contribution in [0.2, 0.25) is 0 Å². The maximum absolute atomic E-state index is 5.63. The fraction of sp³-hybridized carbons (Fsp3) is 0.357. The Morgan fingerprint density at radius 1 is 1.32 bits per heavy atom. The van der Waals surface area contributed by atoms with E-state index in [4.69, 9.17) is 4.74 Å². The number of rotatable bonds is 6. The van der Waals surface area contributed by atoms with Gasteiger partial charge >= 0.3 is 18.9 Å². The number of aromatic nitrogens is 3. The maximum Gasteiger partial charge on any atom is 1.00 e. The maximum atomic E-state index is 5.63. The van der Waals surface area contributed by atoms with E-state index >= 15 is 0 Å². The number of fused-ring (bicyclic) bond motifs is 1. The summed E-state index contributed by atoms with van der Waals surface area (Å²) in [7, 11) is 0. The van der Waals surface area contributed by atoms with Gasteiger partial charge in [0.15, 0.2) is 0 Å². The normalized spacial score (nSPS) is 10.8. The Balaban J connectivity index is 0.00000180. The van der Waals surface area contributed by atoms with Gasteiger partial charge in [0.2, 0.25) is 0 Å². The Kier molecular flexibility index (Phi) is 6.72. The summed E-state index contributed by atoms with van der Waals surface area (Å²) in [5, 5.41) is 8.27. The van der Waals surface area contributed by atoms with Crippen LogP contribution in [0, 0.1) is 6.23 Å². The smallest absolute Gasteiger partial charge is 0.389 e. The molecule has 0 aliphatic heterocycles. The molecule has 0 unspecified atom stereocenters. The van der Waals surface area contributed by atoms with E-state index in [-0.39, 0.29) is 18.9 Å². The number of benzene rings is 1. The Morgan fingerprint density at radius 3 is 2.84 bits per heavy atom. The van der Waals surface area contributed by atoms with Crippen LogP contribution in [0.15, 0.2) is 36.4 Å². The zero-order valence-electron chi connectivity index (χ0n) is 11.8. The molecule has 0 bridgehead atoms. The van der Waals surface area contributed by atoms with Crippen molar-refractivity contribution in [2.75, 3.05) is 6.61 Å². The number of para-hydroxylation sites is 1. The zero-order valence-corrected chi connectivity index (χ0v) is 11.8. The first-order chi connectivity index (χ1) is 8.86. The number of hydrogen-bond acceptors (Lipinski definition) is 3. The van der Waals surface area contributed by atoms with Crippen molar-refractivity contribution in [3.8, 4) is 0 Å². The quantitative estimate of drug-likeness (QED) is 0.542. The Hall–Kier alpha value is -1.21. The first kappa shape index (κ1) is 15.8. The average Bonchev–Trinajstić information content (AvgIpc) is 2.82. The molecule has 0 amide bonds. The van der Waals surface area contributed by atoms with E-state index in [1.807, 2.05) is 37.3 Å². The minimum Gasteiger partial charge on any atom is -0.389 e. The molecule has 2 rings (SSSR count). The molecule has 2 aromatic rings. The van der Waals surface area contributed by atoms with Gasteiger partial charge in [0.1, 0.15) is 0 Å². The van der Waals surface area contributed by atoms with Crippen LogP contribution in [0.25, 0.3) is 11.0 Å². The molecule has 19 heavy (non-hydrogen) atoms. The molecule has 1 aromatic heterocycles. The van der Waals surface area contributed by atoms with E-state index in [1.165, 1.54) is 0 Å². The van der Waals surface area contributed by atoms with Crippen molar-refractivity contribution < 1.29 is 23.6 Å². The van der Waals surface area contributed by atoms with E-state index in [9.17, 15) is 0 Å². The summed E-state index contributed by atoms with van der Waals surface area (Å²) in [6, 6.07) is 7.86. The zero-order chi connectivity index (χ0) is 12.8. The standard InChI is InChI=1S/C14H18N3O.Li/c1-3-5-6-11-14(18-4-2)17-13-10-8-7-9-12(13)15-16-17;/h6-11H,3-5H2,1-2H3;/q-1;+1/b11-6+;. The van der Waals surface area contributed by atoms with Crippen LogP contribution in [-0.2, 0) is 4.74 Å². The van der Waals surface area contributed by atoms with Gasteiger partial charge in [-0.1, -0.05) is 43.2 Å². The van der Waals surface area contributed by atoms with Gasteiger partial charge < -0.3 is 4.74 Å². The van der Waals surface area contributed by atoms with Gasteiger partial charge in [-0.15, -0.1) is 11.2 Å². The molecule has 0 fully saturated rings. The predicted octanol–water partition coefficient (Wildman–Crippen LogP) is 0.166. The fourth-order valence-electron chi connectivity index (χ4n) is 1.71. The van der Waals surface area contributed by atoms with Crippen molar-refractivity contribution in [2.45, 2.75) is 26.7 Å². The summed E-state index contributed by atoms with van der Waals surface area (Å²) in [6.45, 7) is 4.72. The number of nitrogens with zero attached hydrogens (tertiary/aromatic N) is 3. The molecule has 0 saturated carbocycles. The van der Waals surface area contributed by atoms with Gasteiger partial charge in [0.25, 0.3) is 0 Å². The summed E-state index contributed by atoms with van der Waals surface area (Å²) < 4.78 is 7.37. The van der Waals surface area contributed by atoms with Gasteiger partial charge in [-0.25, -0.2) is 0 Å². The van der Waals surface area contributed by atoms with Crippen molar-refractivity contribution in [2.24, 2.45) is 0 Å². The Bertz CT molecular complexity index is 524. The second kappa shape index (κ2) is 8.06. The Morgan fingerprint density at radius 2 is 2.11 bits per heavy atom. The van der Waals surface area contributed by atoms with Crippen LogP contribution in [0.5, 0.6) is 0 Å². The number of allylic oxidation sites excluding steroid dienone is 1. The molecule has 1 heterocycles. The molecule has 0 radical (unpaired) electrons. The second-order valence-corrected chi connectivity index (χ2v) is 3.95. The molecule has 0 atom stereocenters. The van der Waals surface area contributed by atoms with Crippen LogP contribution >= 0.6 is 0 Å². The van der Waals surface area contributed by atoms with Crippen molar-refractivity contribution in [1.82, 2.24) is 15.0 Å². The summed E-state index contributed by atoms with van der Waals surface area (Å²) in [6.07, 6.45) is 6.94. The molecule has 0 aliphatic rings. The van der Waals surface area contributed by atoms with Gasteiger partial charge in [0.05, 0.1) is 11.7 Å². The number of ether oxygens (including phenoxy) is 1. The van der Waals surface area contributed by atoms with Crippen LogP contribution in [0.3, 0.4) is 0 Å². The first-order valence-electron chi connectivity index (χ1n) is 6.34. The molecular formula is C14H18LiN3O. The van der Waals surface area contributed by atoms with Gasteiger partial charge in [-0.2, -0.15) is 6.08 Å². The second-order valence-electron chi connectivity index (χ2n) is 3.95. The minimum absolute atomic E-state index is 0. The molecule has 1 aromatic carbocycles. The van der Waals surface area contributed by atoms with Gasteiger partial charge in [-0.3, -0.25) is 4.68 Å². The molecule has 0 spiro atoms. The number of unbranched alkanes of at least 4 members (excludes halogenated alkanes) is 1. The summed E-state index contributed by atoms with van der Waals surface area (Å²) in [4.78, 5) is 0. The molecule has 5 heteroatoms. The molecular weight excluding hydrogens is 233 g/mol. The SMILES string of the molecule is CCC/C=C/[C-](OCC)n1nnc2ccccc21.[Li+]. The van der Waals surface area contributed by atoms with E-state index in [0.717, 1.165) is 30.1 Å². The van der Waals surface area contributed by atoms with E-state index < -0.39 is 0 Å². The van der Waals surface area contributed by atoms with Crippen LogP contribution in [-0.4, -0.2) is 21.6 Å². The monoisotopic (exact) mass is 251 g/mol. The third kappa shape index (κ3) is 3.87. The van der Waals surface area contributed by atoms with Crippen molar-refractivity contribution >= 4 is 11.0 Å². The first-order valence-corrected chi connectivity index (χ1v) is 6.34. The molecule has 0 N–H and O–H groups in total. The summed E-state index contributed by atoms with van der Waals surface area (Å²) in [5.41, 5.74) is 1.83. The van der Waals surface area contributed by atoms with Crippen LogP contribution in [0.4, 0.5) is 0 Å². The number of hydrogen-bond donors (Lipinski definition) is 0. The van der Waals surface area contributed by atoms with E-state index in [2.05, 4.69) is 23.3 Å². The average molecular weight is 251 g/mol. The van der Waals surface area contributed by atoms with Crippen molar-refractivity contribution in [1.29, 1.82) is 0 Å². The minimum atomic E-state index is 0. The molecule has 0 saturated heterocycles. The third-order valence-electron chi connectivity index (χ3n) is 2.57. The van der Waals surface area contributed by atoms with Crippen LogP contribution < -0.4 is 18.9 Å². The fourth-order valence-corrected chi connectivity index (χ4v) is 1.71. The summed E-state index contributed by atoms with van der Waals surface area (Å²) in [5.74, 6) is 0. The largest absolute Gasteiger partial charge is 1.00 e. The predicted molar refractivity (Wildman–Crippen MR) is 71.8 cm³/mol. The van der Waals surface area contributed by atoms with Gasteiger partial charge in [-0.05, 0) is 18.5 Å². The third-order valence-corrected chi connectivity index (χ3v) is 2.57.